The molecule has 1 aliphatic heterocycles. The average Bonchev–Trinajstić information content (AvgIpc) is 2.79. The second-order valence-corrected chi connectivity index (χ2v) is 7.54. The van der Waals surface area contributed by atoms with Gasteiger partial charge in [0.2, 0.25) is 11.8 Å². The zero-order valence-corrected chi connectivity index (χ0v) is 18.3. The van der Waals surface area contributed by atoms with Crippen molar-refractivity contribution in [1.29, 1.82) is 0 Å². The average molecular weight is 425 g/mol. The molecule has 0 spiro atoms. The van der Waals surface area contributed by atoms with Crippen molar-refractivity contribution in [3.05, 3.63) is 60.2 Å². The minimum Gasteiger partial charge on any atom is -0.379 e. The van der Waals surface area contributed by atoms with Crippen LogP contribution < -0.4 is 10.6 Å². The van der Waals surface area contributed by atoms with Gasteiger partial charge in [0, 0.05) is 24.5 Å². The summed E-state index contributed by atoms with van der Waals surface area (Å²) in [6.45, 7) is 8.89. The van der Waals surface area contributed by atoms with Crippen LogP contribution in [-0.4, -0.2) is 67.6 Å². The van der Waals surface area contributed by atoms with Gasteiger partial charge in [-0.25, -0.2) is 0 Å². The first-order chi connectivity index (χ1) is 15.1. The molecule has 0 aliphatic carbocycles. The lowest BCUT2D eigenvalue weighted by atomic mass is 10.0. The van der Waals surface area contributed by atoms with Gasteiger partial charge in [-0.05, 0) is 42.9 Å². The van der Waals surface area contributed by atoms with Crippen molar-refractivity contribution >= 4 is 23.2 Å². The van der Waals surface area contributed by atoms with E-state index >= 15 is 0 Å². The Kier molecular flexibility index (Phi) is 8.58. The molecule has 1 fully saturated rings. The molecule has 0 saturated carbocycles. The van der Waals surface area contributed by atoms with Gasteiger partial charge in [-0.3, -0.25) is 19.4 Å². The Morgan fingerprint density at radius 2 is 1.52 bits per heavy atom. The van der Waals surface area contributed by atoms with Crippen LogP contribution in [0.3, 0.4) is 0 Å². The zero-order valence-electron chi connectivity index (χ0n) is 18.3. The Balaban J connectivity index is 1.60. The third kappa shape index (κ3) is 6.62. The smallest absolute Gasteiger partial charge is 0.246 e. The van der Waals surface area contributed by atoms with E-state index in [0.717, 1.165) is 31.7 Å². The topological polar surface area (TPSA) is 73.9 Å². The van der Waals surface area contributed by atoms with Crippen LogP contribution in [0.2, 0.25) is 0 Å². The van der Waals surface area contributed by atoms with Gasteiger partial charge in [0.05, 0.1) is 19.8 Å². The van der Waals surface area contributed by atoms with E-state index in [1.54, 1.807) is 0 Å². The predicted molar refractivity (Wildman–Crippen MR) is 123 cm³/mol. The monoisotopic (exact) mass is 424 g/mol. The van der Waals surface area contributed by atoms with Crippen LogP contribution in [0, 0.1) is 0 Å². The molecular weight excluding hydrogens is 392 g/mol. The number of morpholine rings is 1. The Labute approximate surface area is 184 Å². The fraction of sp³-hybridized carbons (Fsp3) is 0.417. The highest BCUT2D eigenvalue weighted by Crippen LogP contribution is 2.23. The van der Waals surface area contributed by atoms with E-state index in [2.05, 4.69) is 34.3 Å². The lowest BCUT2D eigenvalue weighted by molar-refractivity contribution is -0.121. The van der Waals surface area contributed by atoms with Gasteiger partial charge >= 0.3 is 0 Å². The molecule has 0 aromatic heterocycles. The molecule has 166 valence electrons. The van der Waals surface area contributed by atoms with Crippen molar-refractivity contribution in [2.45, 2.75) is 19.9 Å². The molecule has 0 bridgehead atoms. The standard InChI is InChI=1S/C24H32N4O3/c1-3-28(4-2)23(19-8-6-5-7-9-19)24(30)26-21-12-10-20(11-13-21)25-22(29)18-27-14-16-31-17-15-27/h5-13,23H,3-4,14-18H2,1-2H3,(H,25,29)(H,26,30). The second kappa shape index (κ2) is 11.6. The SMILES string of the molecule is CCN(CC)C(C(=O)Nc1ccc(NC(=O)CN2CCOCC2)cc1)c1ccccc1. The molecule has 2 aromatic rings. The van der Waals surface area contributed by atoms with Gasteiger partial charge in [0.25, 0.3) is 0 Å². The molecule has 2 N–H and O–H groups in total. The zero-order chi connectivity index (χ0) is 22.1. The van der Waals surface area contributed by atoms with Crippen LogP contribution in [0.4, 0.5) is 11.4 Å². The van der Waals surface area contributed by atoms with Crippen LogP contribution in [0.1, 0.15) is 25.5 Å². The van der Waals surface area contributed by atoms with Crippen molar-refractivity contribution in [3.8, 4) is 0 Å². The fourth-order valence-electron chi connectivity index (χ4n) is 3.76. The van der Waals surface area contributed by atoms with Crippen molar-refractivity contribution < 1.29 is 14.3 Å². The number of carbonyl (C=O) groups is 2. The summed E-state index contributed by atoms with van der Waals surface area (Å²) in [6.07, 6.45) is 0. The Bertz CT molecular complexity index is 832. The molecule has 1 unspecified atom stereocenters. The number of nitrogens with one attached hydrogen (secondary N) is 2. The van der Waals surface area contributed by atoms with Crippen LogP contribution in [0.5, 0.6) is 0 Å². The number of hydrogen-bond donors (Lipinski definition) is 2. The molecule has 1 atom stereocenters. The lowest BCUT2D eigenvalue weighted by Crippen LogP contribution is -2.41. The largest absolute Gasteiger partial charge is 0.379 e. The van der Waals surface area contributed by atoms with E-state index in [0.29, 0.717) is 31.1 Å². The Hall–Kier alpha value is -2.74. The summed E-state index contributed by atoms with van der Waals surface area (Å²) in [5.41, 5.74) is 2.37. The highest BCUT2D eigenvalue weighted by Gasteiger charge is 2.25. The first kappa shape index (κ1) is 22.9. The highest BCUT2D eigenvalue weighted by molar-refractivity contribution is 5.96. The molecule has 7 nitrogen and oxygen atoms in total. The van der Waals surface area contributed by atoms with Gasteiger partial charge in [0.1, 0.15) is 6.04 Å². The van der Waals surface area contributed by atoms with Gasteiger partial charge in [0.15, 0.2) is 0 Å². The maximum absolute atomic E-state index is 13.1. The first-order valence-corrected chi connectivity index (χ1v) is 10.9. The quantitative estimate of drug-likeness (QED) is 0.647. The number of ether oxygens (including phenoxy) is 1. The first-order valence-electron chi connectivity index (χ1n) is 10.9. The van der Waals surface area contributed by atoms with E-state index < -0.39 is 0 Å². The second-order valence-electron chi connectivity index (χ2n) is 7.54. The van der Waals surface area contributed by atoms with Crippen molar-refractivity contribution in [1.82, 2.24) is 9.80 Å². The summed E-state index contributed by atoms with van der Waals surface area (Å²) >= 11 is 0. The van der Waals surface area contributed by atoms with E-state index in [4.69, 9.17) is 4.74 Å². The van der Waals surface area contributed by atoms with Crippen LogP contribution in [0.15, 0.2) is 54.6 Å². The molecule has 2 amide bonds. The number of carbonyl (C=O) groups excluding carboxylic acids is 2. The third-order valence-corrected chi connectivity index (χ3v) is 5.45. The van der Waals surface area contributed by atoms with Gasteiger partial charge < -0.3 is 15.4 Å². The highest BCUT2D eigenvalue weighted by atomic mass is 16.5. The number of amides is 2. The minimum absolute atomic E-state index is 0.0515. The van der Waals surface area contributed by atoms with E-state index in [1.165, 1.54) is 0 Å². The van der Waals surface area contributed by atoms with Gasteiger partial charge in [-0.2, -0.15) is 0 Å². The molecule has 31 heavy (non-hydrogen) atoms. The molecule has 7 heteroatoms. The van der Waals surface area contributed by atoms with Crippen LogP contribution in [0.25, 0.3) is 0 Å². The number of rotatable bonds is 9. The Morgan fingerprint density at radius 3 is 2.10 bits per heavy atom. The summed E-state index contributed by atoms with van der Waals surface area (Å²) in [6, 6.07) is 16.7. The lowest BCUT2D eigenvalue weighted by Gasteiger charge is -2.29. The third-order valence-electron chi connectivity index (χ3n) is 5.45. The van der Waals surface area contributed by atoms with E-state index in [9.17, 15) is 9.59 Å². The van der Waals surface area contributed by atoms with Crippen LogP contribution in [-0.2, 0) is 14.3 Å². The molecule has 2 aromatic carbocycles. The number of nitrogens with zero attached hydrogens (tertiary/aromatic N) is 2. The molecule has 1 saturated heterocycles. The van der Waals surface area contributed by atoms with Gasteiger partial charge in [-0.1, -0.05) is 44.2 Å². The minimum atomic E-state index is -0.357. The number of likely N-dealkylation sites (N-methyl/N-ethyl adjacent to an activating group) is 1. The molecule has 0 radical (unpaired) electrons. The van der Waals surface area contributed by atoms with Crippen molar-refractivity contribution in [3.63, 3.8) is 0 Å². The molecule has 1 heterocycles. The van der Waals surface area contributed by atoms with Crippen molar-refractivity contribution in [2.75, 3.05) is 56.6 Å². The normalized spacial score (nSPS) is 15.5. The number of benzene rings is 2. The fourth-order valence-corrected chi connectivity index (χ4v) is 3.76. The number of hydrogen-bond acceptors (Lipinski definition) is 5. The maximum Gasteiger partial charge on any atom is 0.246 e. The summed E-state index contributed by atoms with van der Waals surface area (Å²) in [5, 5.41) is 5.93. The molecule has 3 rings (SSSR count). The van der Waals surface area contributed by atoms with E-state index in [-0.39, 0.29) is 17.9 Å². The number of anilines is 2. The van der Waals surface area contributed by atoms with Crippen LogP contribution >= 0.6 is 0 Å². The molecular formula is C24H32N4O3. The Morgan fingerprint density at radius 1 is 0.935 bits per heavy atom. The predicted octanol–water partition coefficient (Wildman–Crippen LogP) is 2.98. The molecule has 1 aliphatic rings. The maximum atomic E-state index is 13.1. The van der Waals surface area contributed by atoms with E-state index in [1.807, 2.05) is 54.6 Å². The summed E-state index contributed by atoms with van der Waals surface area (Å²) < 4.78 is 5.31. The van der Waals surface area contributed by atoms with Gasteiger partial charge in [-0.15, -0.1) is 0 Å². The van der Waals surface area contributed by atoms with Crippen molar-refractivity contribution in [2.24, 2.45) is 0 Å². The summed E-state index contributed by atoms with van der Waals surface area (Å²) in [5.74, 6) is -0.122. The summed E-state index contributed by atoms with van der Waals surface area (Å²) in [7, 11) is 0. The summed E-state index contributed by atoms with van der Waals surface area (Å²) in [4.78, 5) is 29.6.